The third kappa shape index (κ3) is 1.91. The van der Waals surface area contributed by atoms with E-state index in [9.17, 15) is 4.39 Å². The van der Waals surface area contributed by atoms with Gasteiger partial charge >= 0.3 is 0 Å². The molecule has 0 amide bonds. The number of hydrogen-bond donors (Lipinski definition) is 1. The van der Waals surface area contributed by atoms with Gasteiger partial charge in [-0.3, -0.25) is 0 Å². The van der Waals surface area contributed by atoms with Crippen LogP contribution in [0, 0.1) is 19.7 Å². The lowest BCUT2D eigenvalue weighted by atomic mass is 9.94. The Balaban J connectivity index is 3.39. The van der Waals surface area contributed by atoms with Crippen molar-refractivity contribution in [3.63, 3.8) is 0 Å². The topological polar surface area (TPSA) is 26.0 Å². The highest BCUT2D eigenvalue weighted by Gasteiger charge is 2.16. The van der Waals surface area contributed by atoms with Gasteiger partial charge in [0.15, 0.2) is 0 Å². The van der Waals surface area contributed by atoms with Crippen molar-refractivity contribution in [2.45, 2.75) is 26.7 Å². The molecule has 3 heteroatoms. The fraction of sp³-hybridized carbons (Fsp3) is 0.455. The molecule has 0 aliphatic rings. The molecule has 0 saturated carbocycles. The molecule has 2 N–H and O–H groups in total. The van der Waals surface area contributed by atoms with E-state index in [0.29, 0.717) is 22.7 Å². The summed E-state index contributed by atoms with van der Waals surface area (Å²) in [5.74, 6) is -0.169. The van der Waals surface area contributed by atoms with Gasteiger partial charge in [-0.15, -0.1) is 0 Å². The van der Waals surface area contributed by atoms with Crippen molar-refractivity contribution in [3.05, 3.63) is 33.6 Å². The van der Waals surface area contributed by atoms with Crippen LogP contribution in [-0.4, -0.2) is 6.54 Å². The van der Waals surface area contributed by atoms with Crippen molar-refractivity contribution < 1.29 is 4.39 Å². The first-order valence-electron chi connectivity index (χ1n) is 4.64. The molecule has 0 spiro atoms. The summed E-state index contributed by atoms with van der Waals surface area (Å²) in [6.45, 7) is 5.87. The lowest BCUT2D eigenvalue weighted by molar-refractivity contribution is 0.580. The molecule has 1 atom stereocenters. The van der Waals surface area contributed by atoms with Gasteiger partial charge in [-0.2, -0.15) is 0 Å². The Labute approximate surface area is 89.1 Å². The zero-order valence-corrected chi connectivity index (χ0v) is 9.45. The van der Waals surface area contributed by atoms with Crippen molar-refractivity contribution in [1.82, 2.24) is 0 Å². The molecule has 1 aromatic rings. The van der Waals surface area contributed by atoms with Crippen LogP contribution in [0.15, 0.2) is 6.07 Å². The summed E-state index contributed by atoms with van der Waals surface area (Å²) in [4.78, 5) is 0. The van der Waals surface area contributed by atoms with E-state index in [0.717, 1.165) is 5.56 Å². The van der Waals surface area contributed by atoms with E-state index in [-0.39, 0.29) is 11.7 Å². The SMILES string of the molecule is Cc1cc(Cl)c(C)c(C(C)CN)c1F. The first-order chi connectivity index (χ1) is 6.49. The first kappa shape index (κ1) is 11.5. The number of rotatable bonds is 2. The summed E-state index contributed by atoms with van der Waals surface area (Å²) < 4.78 is 13.8. The molecular formula is C11H15ClFN. The third-order valence-electron chi connectivity index (χ3n) is 2.53. The zero-order chi connectivity index (χ0) is 10.9. The summed E-state index contributed by atoms with van der Waals surface area (Å²) in [5.41, 5.74) is 7.56. The van der Waals surface area contributed by atoms with Crippen molar-refractivity contribution in [1.29, 1.82) is 0 Å². The van der Waals surface area contributed by atoms with E-state index in [1.165, 1.54) is 0 Å². The van der Waals surface area contributed by atoms with Gasteiger partial charge in [-0.1, -0.05) is 18.5 Å². The Morgan fingerprint density at radius 2 is 2.07 bits per heavy atom. The van der Waals surface area contributed by atoms with Crippen LogP contribution in [0.2, 0.25) is 5.02 Å². The maximum absolute atomic E-state index is 13.8. The molecule has 0 radical (unpaired) electrons. The van der Waals surface area contributed by atoms with Gasteiger partial charge in [0.25, 0.3) is 0 Å². The highest BCUT2D eigenvalue weighted by Crippen LogP contribution is 2.30. The minimum Gasteiger partial charge on any atom is -0.330 e. The van der Waals surface area contributed by atoms with Gasteiger partial charge in [0, 0.05) is 5.02 Å². The van der Waals surface area contributed by atoms with Crippen molar-refractivity contribution in [3.8, 4) is 0 Å². The standard InChI is InChI=1S/C11H15ClFN/c1-6-4-9(12)8(3)10(11(6)13)7(2)5-14/h4,7H,5,14H2,1-3H3. The van der Waals surface area contributed by atoms with Crippen LogP contribution in [0.5, 0.6) is 0 Å². The maximum Gasteiger partial charge on any atom is 0.129 e. The molecule has 0 aromatic heterocycles. The highest BCUT2D eigenvalue weighted by molar-refractivity contribution is 6.31. The summed E-state index contributed by atoms with van der Waals surface area (Å²) >= 11 is 5.98. The molecule has 1 nitrogen and oxygen atoms in total. The van der Waals surface area contributed by atoms with Gasteiger partial charge in [-0.25, -0.2) is 4.39 Å². The number of hydrogen-bond acceptors (Lipinski definition) is 1. The Morgan fingerprint density at radius 3 is 2.57 bits per heavy atom. The molecule has 78 valence electrons. The summed E-state index contributed by atoms with van der Waals surface area (Å²) in [6.07, 6.45) is 0. The molecule has 0 saturated heterocycles. The summed E-state index contributed by atoms with van der Waals surface area (Å²) in [7, 11) is 0. The van der Waals surface area contributed by atoms with Crippen LogP contribution in [0.4, 0.5) is 4.39 Å². The quantitative estimate of drug-likeness (QED) is 0.806. The van der Waals surface area contributed by atoms with Gasteiger partial charge in [0.2, 0.25) is 0 Å². The number of benzene rings is 1. The van der Waals surface area contributed by atoms with E-state index in [1.807, 2.05) is 13.8 Å². The van der Waals surface area contributed by atoms with Crippen LogP contribution in [0.25, 0.3) is 0 Å². The number of nitrogens with two attached hydrogens (primary N) is 1. The van der Waals surface area contributed by atoms with Crippen molar-refractivity contribution in [2.75, 3.05) is 6.54 Å². The predicted molar refractivity (Wildman–Crippen MR) is 58.4 cm³/mol. The predicted octanol–water partition coefficient (Wildman–Crippen LogP) is 3.16. The fourth-order valence-corrected chi connectivity index (χ4v) is 1.84. The lowest BCUT2D eigenvalue weighted by Crippen LogP contribution is -2.13. The average Bonchev–Trinajstić information content (AvgIpc) is 2.15. The fourth-order valence-electron chi connectivity index (χ4n) is 1.57. The van der Waals surface area contributed by atoms with E-state index < -0.39 is 0 Å². The molecule has 1 aromatic carbocycles. The molecule has 0 bridgehead atoms. The molecular weight excluding hydrogens is 201 g/mol. The van der Waals surface area contributed by atoms with E-state index in [4.69, 9.17) is 17.3 Å². The van der Waals surface area contributed by atoms with Crippen LogP contribution >= 0.6 is 11.6 Å². The smallest absolute Gasteiger partial charge is 0.129 e. The summed E-state index contributed by atoms with van der Waals surface area (Å²) in [5, 5.41) is 0.610. The maximum atomic E-state index is 13.8. The molecule has 0 fully saturated rings. The van der Waals surface area contributed by atoms with E-state index in [1.54, 1.807) is 13.0 Å². The normalized spacial score (nSPS) is 13.0. The molecule has 0 aliphatic carbocycles. The monoisotopic (exact) mass is 215 g/mol. The molecule has 0 heterocycles. The van der Waals surface area contributed by atoms with Crippen LogP contribution in [0.3, 0.4) is 0 Å². The molecule has 14 heavy (non-hydrogen) atoms. The third-order valence-corrected chi connectivity index (χ3v) is 2.93. The van der Waals surface area contributed by atoms with Crippen LogP contribution in [-0.2, 0) is 0 Å². The Morgan fingerprint density at radius 1 is 1.50 bits per heavy atom. The average molecular weight is 216 g/mol. The largest absolute Gasteiger partial charge is 0.330 e. The zero-order valence-electron chi connectivity index (χ0n) is 8.70. The van der Waals surface area contributed by atoms with Gasteiger partial charge in [0.05, 0.1) is 0 Å². The number of aryl methyl sites for hydroxylation is 1. The molecule has 0 aliphatic heterocycles. The summed E-state index contributed by atoms with van der Waals surface area (Å²) in [6, 6.07) is 1.65. The second kappa shape index (κ2) is 4.28. The second-order valence-corrected chi connectivity index (χ2v) is 4.07. The van der Waals surface area contributed by atoms with E-state index in [2.05, 4.69) is 0 Å². The van der Waals surface area contributed by atoms with Gasteiger partial charge in [0.1, 0.15) is 5.82 Å². The minimum atomic E-state index is -0.176. The van der Waals surface area contributed by atoms with E-state index >= 15 is 0 Å². The first-order valence-corrected chi connectivity index (χ1v) is 5.02. The van der Waals surface area contributed by atoms with Gasteiger partial charge < -0.3 is 5.73 Å². The second-order valence-electron chi connectivity index (χ2n) is 3.66. The van der Waals surface area contributed by atoms with Gasteiger partial charge in [-0.05, 0) is 49.1 Å². The van der Waals surface area contributed by atoms with Crippen LogP contribution < -0.4 is 5.73 Å². The molecule has 1 unspecified atom stereocenters. The minimum absolute atomic E-state index is 0.00685. The number of halogens is 2. The Bertz CT molecular complexity index is 323. The lowest BCUT2D eigenvalue weighted by Gasteiger charge is -2.16. The Hall–Kier alpha value is -0.600. The Kier molecular flexibility index (Phi) is 3.51. The highest BCUT2D eigenvalue weighted by atomic mass is 35.5. The molecule has 1 rings (SSSR count). The van der Waals surface area contributed by atoms with Crippen LogP contribution in [0.1, 0.15) is 29.5 Å². The van der Waals surface area contributed by atoms with Crippen molar-refractivity contribution in [2.24, 2.45) is 5.73 Å². The van der Waals surface area contributed by atoms with Crippen molar-refractivity contribution >= 4 is 11.6 Å².